The Morgan fingerprint density at radius 1 is 1.32 bits per heavy atom. The summed E-state index contributed by atoms with van der Waals surface area (Å²) in [6.07, 6.45) is 5.17. The third-order valence-corrected chi connectivity index (χ3v) is 4.17. The van der Waals surface area contributed by atoms with Crippen molar-refractivity contribution in [3.63, 3.8) is 0 Å². The minimum atomic E-state index is 0.628. The predicted octanol–water partition coefficient (Wildman–Crippen LogP) is 2.25. The van der Waals surface area contributed by atoms with Crippen LogP contribution in [0, 0.1) is 5.92 Å². The number of aromatic nitrogens is 2. The van der Waals surface area contributed by atoms with E-state index < -0.39 is 0 Å². The van der Waals surface area contributed by atoms with Gasteiger partial charge in [-0.15, -0.1) is 0 Å². The summed E-state index contributed by atoms with van der Waals surface area (Å²) in [6, 6.07) is 2.76. The van der Waals surface area contributed by atoms with Crippen molar-refractivity contribution < 1.29 is 0 Å². The van der Waals surface area contributed by atoms with Crippen molar-refractivity contribution in [3.05, 3.63) is 18.1 Å². The molecular formula is C15H26N4. The van der Waals surface area contributed by atoms with E-state index in [1.165, 1.54) is 12.8 Å². The third-order valence-electron chi connectivity index (χ3n) is 4.17. The van der Waals surface area contributed by atoms with Crippen LogP contribution in [0.25, 0.3) is 0 Å². The van der Waals surface area contributed by atoms with Crippen molar-refractivity contribution in [1.82, 2.24) is 15.3 Å². The van der Waals surface area contributed by atoms with E-state index in [-0.39, 0.29) is 0 Å². The van der Waals surface area contributed by atoms with Crippen LogP contribution in [0.3, 0.4) is 0 Å². The summed E-state index contributed by atoms with van der Waals surface area (Å²) in [5, 5.41) is 3.54. The molecule has 4 heteroatoms. The Morgan fingerprint density at radius 3 is 2.68 bits per heavy atom. The normalized spacial score (nSPS) is 18.6. The van der Waals surface area contributed by atoms with E-state index in [0.717, 1.165) is 43.5 Å². The minimum absolute atomic E-state index is 0.628. The van der Waals surface area contributed by atoms with Crippen molar-refractivity contribution >= 4 is 5.82 Å². The second kappa shape index (κ2) is 6.85. The summed E-state index contributed by atoms with van der Waals surface area (Å²) in [6.45, 7) is 9.91. The minimum Gasteiger partial charge on any atom is -0.356 e. The maximum absolute atomic E-state index is 4.42. The van der Waals surface area contributed by atoms with Crippen molar-refractivity contribution in [1.29, 1.82) is 0 Å². The zero-order valence-corrected chi connectivity index (χ0v) is 12.4. The van der Waals surface area contributed by atoms with E-state index >= 15 is 0 Å². The molecule has 19 heavy (non-hydrogen) atoms. The lowest BCUT2D eigenvalue weighted by Gasteiger charge is -2.35. The summed E-state index contributed by atoms with van der Waals surface area (Å²) < 4.78 is 0. The maximum Gasteiger partial charge on any atom is 0.132 e. The number of aryl methyl sites for hydroxylation is 1. The molecule has 0 aromatic carbocycles. The highest BCUT2D eigenvalue weighted by molar-refractivity contribution is 5.39. The van der Waals surface area contributed by atoms with Crippen molar-refractivity contribution in [3.8, 4) is 0 Å². The van der Waals surface area contributed by atoms with E-state index in [9.17, 15) is 0 Å². The molecule has 0 saturated carbocycles. The van der Waals surface area contributed by atoms with Gasteiger partial charge in [-0.05, 0) is 38.6 Å². The van der Waals surface area contributed by atoms with E-state index in [4.69, 9.17) is 0 Å². The topological polar surface area (TPSA) is 41.0 Å². The van der Waals surface area contributed by atoms with Crippen LogP contribution in [-0.2, 0) is 6.42 Å². The summed E-state index contributed by atoms with van der Waals surface area (Å²) in [5.74, 6) is 1.89. The standard InChI is InChI=1S/C15H26N4/c1-4-14-10-15(18-11-17-14)19-8-6-13(7-9-19)12(3)16-5-2/h10-13,16H,4-9H2,1-3H3. The van der Waals surface area contributed by atoms with Gasteiger partial charge < -0.3 is 10.2 Å². The van der Waals surface area contributed by atoms with Gasteiger partial charge in [0.15, 0.2) is 0 Å². The van der Waals surface area contributed by atoms with Crippen LogP contribution in [0.5, 0.6) is 0 Å². The van der Waals surface area contributed by atoms with Crippen LogP contribution >= 0.6 is 0 Å². The Balaban J connectivity index is 1.92. The molecule has 1 aromatic heterocycles. The molecule has 0 radical (unpaired) electrons. The van der Waals surface area contributed by atoms with Gasteiger partial charge in [0.05, 0.1) is 0 Å². The van der Waals surface area contributed by atoms with Crippen LogP contribution in [0.4, 0.5) is 5.82 Å². The number of rotatable bonds is 5. The first kappa shape index (κ1) is 14.3. The maximum atomic E-state index is 4.42. The number of anilines is 1. The lowest BCUT2D eigenvalue weighted by Crippen LogP contribution is -2.42. The van der Waals surface area contributed by atoms with Gasteiger partial charge in [0.1, 0.15) is 12.1 Å². The highest BCUT2D eigenvalue weighted by Crippen LogP contribution is 2.24. The highest BCUT2D eigenvalue weighted by atomic mass is 15.2. The molecule has 1 aliphatic heterocycles. The summed E-state index contributed by atoms with van der Waals surface area (Å²) in [5.41, 5.74) is 1.13. The van der Waals surface area contributed by atoms with Gasteiger partial charge in [-0.25, -0.2) is 9.97 Å². The van der Waals surface area contributed by atoms with E-state index in [1.807, 2.05) is 0 Å². The van der Waals surface area contributed by atoms with E-state index in [0.29, 0.717) is 6.04 Å². The monoisotopic (exact) mass is 262 g/mol. The Bertz CT molecular complexity index is 385. The lowest BCUT2D eigenvalue weighted by atomic mass is 9.90. The Kier molecular flexibility index (Phi) is 5.14. The van der Waals surface area contributed by atoms with Gasteiger partial charge in [0.2, 0.25) is 0 Å². The molecule has 1 aliphatic rings. The van der Waals surface area contributed by atoms with Gasteiger partial charge in [-0.1, -0.05) is 13.8 Å². The molecular weight excluding hydrogens is 236 g/mol. The van der Waals surface area contributed by atoms with Gasteiger partial charge in [0.25, 0.3) is 0 Å². The first-order chi connectivity index (χ1) is 9.24. The van der Waals surface area contributed by atoms with Crippen molar-refractivity contribution in [2.75, 3.05) is 24.5 Å². The quantitative estimate of drug-likeness (QED) is 0.883. The number of nitrogens with one attached hydrogen (secondary N) is 1. The van der Waals surface area contributed by atoms with E-state index in [2.05, 4.69) is 47.0 Å². The molecule has 4 nitrogen and oxygen atoms in total. The molecule has 0 bridgehead atoms. The van der Waals surface area contributed by atoms with Crippen LogP contribution in [0.2, 0.25) is 0 Å². The molecule has 1 fully saturated rings. The van der Waals surface area contributed by atoms with Crippen LogP contribution in [0.15, 0.2) is 12.4 Å². The van der Waals surface area contributed by atoms with E-state index in [1.54, 1.807) is 6.33 Å². The number of hydrogen-bond donors (Lipinski definition) is 1. The molecule has 0 aliphatic carbocycles. The first-order valence-corrected chi connectivity index (χ1v) is 7.53. The van der Waals surface area contributed by atoms with Gasteiger partial charge in [-0.2, -0.15) is 0 Å². The Labute approximate surface area is 116 Å². The third kappa shape index (κ3) is 3.66. The Hall–Kier alpha value is -1.16. The second-order valence-electron chi connectivity index (χ2n) is 5.39. The average molecular weight is 262 g/mol. The highest BCUT2D eigenvalue weighted by Gasteiger charge is 2.24. The number of piperidine rings is 1. The molecule has 1 atom stereocenters. The number of nitrogens with zero attached hydrogens (tertiary/aromatic N) is 3. The summed E-state index contributed by atoms with van der Waals surface area (Å²) in [4.78, 5) is 11.1. The zero-order valence-electron chi connectivity index (χ0n) is 12.4. The zero-order chi connectivity index (χ0) is 13.7. The summed E-state index contributed by atoms with van der Waals surface area (Å²) >= 11 is 0. The first-order valence-electron chi connectivity index (χ1n) is 7.53. The van der Waals surface area contributed by atoms with Crippen molar-refractivity contribution in [2.24, 2.45) is 5.92 Å². The molecule has 1 aromatic rings. The molecule has 1 unspecified atom stereocenters. The fourth-order valence-electron chi connectivity index (χ4n) is 2.87. The molecule has 0 amide bonds. The molecule has 2 heterocycles. The largest absolute Gasteiger partial charge is 0.356 e. The SMILES string of the molecule is CCNC(C)C1CCN(c2cc(CC)ncn2)CC1. The fraction of sp³-hybridized carbons (Fsp3) is 0.733. The predicted molar refractivity (Wildman–Crippen MR) is 79.5 cm³/mol. The molecule has 106 valence electrons. The summed E-state index contributed by atoms with van der Waals surface area (Å²) in [7, 11) is 0. The molecule has 2 rings (SSSR count). The smallest absolute Gasteiger partial charge is 0.132 e. The fourth-order valence-corrected chi connectivity index (χ4v) is 2.87. The average Bonchev–Trinajstić information content (AvgIpc) is 2.48. The molecule has 1 saturated heterocycles. The van der Waals surface area contributed by atoms with Crippen LogP contribution < -0.4 is 10.2 Å². The van der Waals surface area contributed by atoms with Crippen LogP contribution in [0.1, 0.15) is 39.3 Å². The molecule has 1 N–H and O–H groups in total. The van der Waals surface area contributed by atoms with Gasteiger partial charge >= 0.3 is 0 Å². The Morgan fingerprint density at radius 2 is 2.05 bits per heavy atom. The van der Waals surface area contributed by atoms with Crippen molar-refractivity contribution in [2.45, 2.75) is 46.1 Å². The van der Waals surface area contributed by atoms with Gasteiger partial charge in [-0.3, -0.25) is 0 Å². The van der Waals surface area contributed by atoms with Crippen LogP contribution in [-0.4, -0.2) is 35.6 Å². The van der Waals surface area contributed by atoms with Gasteiger partial charge in [0, 0.05) is 30.9 Å². The molecule has 0 spiro atoms. The number of hydrogen-bond acceptors (Lipinski definition) is 4. The lowest BCUT2D eigenvalue weighted by molar-refractivity contribution is 0.314. The second-order valence-corrected chi connectivity index (χ2v) is 5.39.